The lowest BCUT2D eigenvalue weighted by Gasteiger charge is -2.08. The van der Waals surface area contributed by atoms with Gasteiger partial charge in [0.2, 0.25) is 0 Å². The van der Waals surface area contributed by atoms with E-state index in [1.165, 1.54) is 12.3 Å². The molecule has 0 radical (unpaired) electrons. The number of benzene rings is 1. The van der Waals surface area contributed by atoms with E-state index in [1.807, 2.05) is 18.2 Å². The second kappa shape index (κ2) is 5.47. The Morgan fingerprint density at radius 2 is 2.12 bits per heavy atom. The lowest BCUT2D eigenvalue weighted by molar-refractivity contribution is 0.623. The van der Waals surface area contributed by atoms with Crippen molar-refractivity contribution in [2.24, 2.45) is 0 Å². The zero-order valence-corrected chi connectivity index (χ0v) is 11.1. The molecular weight excluding hydrogens is 307 g/mol. The molecule has 2 nitrogen and oxygen atoms in total. The Hall–Kier alpha value is -1.13. The van der Waals surface area contributed by atoms with Crippen molar-refractivity contribution >= 4 is 33.3 Å². The topological polar surface area (TPSA) is 24.9 Å². The first-order valence-electron chi connectivity index (χ1n) is 4.95. The molecule has 0 aliphatic rings. The van der Waals surface area contributed by atoms with Gasteiger partial charge in [0.15, 0.2) is 11.6 Å². The van der Waals surface area contributed by atoms with Crippen molar-refractivity contribution in [3.8, 4) is 0 Å². The zero-order valence-electron chi connectivity index (χ0n) is 8.75. The minimum atomic E-state index is -0.397. The van der Waals surface area contributed by atoms with Gasteiger partial charge in [0.25, 0.3) is 0 Å². The van der Waals surface area contributed by atoms with Crippen molar-refractivity contribution < 1.29 is 4.39 Å². The number of halogens is 3. The summed E-state index contributed by atoms with van der Waals surface area (Å²) >= 11 is 9.15. The van der Waals surface area contributed by atoms with E-state index in [4.69, 9.17) is 11.6 Å². The van der Waals surface area contributed by atoms with Crippen LogP contribution in [0.2, 0.25) is 5.02 Å². The van der Waals surface area contributed by atoms with Crippen molar-refractivity contribution in [3.05, 3.63) is 57.4 Å². The molecule has 0 aliphatic carbocycles. The molecule has 17 heavy (non-hydrogen) atoms. The van der Waals surface area contributed by atoms with E-state index in [0.29, 0.717) is 16.0 Å². The summed E-state index contributed by atoms with van der Waals surface area (Å²) in [4.78, 5) is 3.95. The van der Waals surface area contributed by atoms with E-state index in [2.05, 4.69) is 26.2 Å². The molecule has 0 spiro atoms. The number of aromatic nitrogens is 1. The van der Waals surface area contributed by atoms with Gasteiger partial charge in [0.05, 0.1) is 0 Å². The van der Waals surface area contributed by atoms with E-state index >= 15 is 0 Å². The largest absolute Gasteiger partial charge is 0.364 e. The molecule has 2 rings (SSSR count). The Morgan fingerprint density at radius 1 is 1.35 bits per heavy atom. The average molecular weight is 316 g/mol. The Bertz CT molecular complexity index is 534. The number of anilines is 1. The molecule has 0 bridgehead atoms. The number of rotatable bonds is 3. The highest BCUT2D eigenvalue weighted by Crippen LogP contribution is 2.19. The SMILES string of the molecule is Fc1cc(Br)cnc1NCc1ccccc1Cl. The number of pyridine rings is 1. The molecule has 5 heteroatoms. The summed E-state index contributed by atoms with van der Waals surface area (Å²) in [6.07, 6.45) is 1.54. The first-order chi connectivity index (χ1) is 8.16. The van der Waals surface area contributed by atoms with E-state index in [-0.39, 0.29) is 5.82 Å². The molecule has 0 amide bonds. The van der Waals surface area contributed by atoms with Gasteiger partial charge >= 0.3 is 0 Å². The second-order valence-corrected chi connectivity index (χ2v) is 4.75. The van der Waals surface area contributed by atoms with Gasteiger partial charge in [0.1, 0.15) is 0 Å². The molecule has 1 N–H and O–H groups in total. The van der Waals surface area contributed by atoms with E-state index in [1.54, 1.807) is 6.07 Å². The normalized spacial score (nSPS) is 10.3. The molecular formula is C12H9BrClFN2. The fraction of sp³-hybridized carbons (Fsp3) is 0.0833. The minimum absolute atomic E-state index is 0.216. The van der Waals surface area contributed by atoms with Crippen LogP contribution in [0.4, 0.5) is 10.2 Å². The third-order valence-electron chi connectivity index (χ3n) is 2.21. The maximum absolute atomic E-state index is 13.5. The van der Waals surface area contributed by atoms with E-state index in [0.717, 1.165) is 5.56 Å². The van der Waals surface area contributed by atoms with Gasteiger partial charge in [-0.2, -0.15) is 0 Å². The average Bonchev–Trinajstić information content (AvgIpc) is 2.30. The molecule has 0 aliphatic heterocycles. The molecule has 1 heterocycles. The number of nitrogens with zero attached hydrogens (tertiary/aromatic N) is 1. The summed E-state index contributed by atoms with van der Waals surface area (Å²) in [5.41, 5.74) is 0.901. The molecule has 1 aromatic heterocycles. The van der Waals surface area contributed by atoms with Crippen molar-refractivity contribution in [2.45, 2.75) is 6.54 Å². The summed E-state index contributed by atoms with van der Waals surface area (Å²) in [5.74, 6) is -0.181. The minimum Gasteiger partial charge on any atom is -0.364 e. The van der Waals surface area contributed by atoms with Gasteiger partial charge in [-0.15, -0.1) is 0 Å². The van der Waals surface area contributed by atoms with Crippen LogP contribution in [0, 0.1) is 5.82 Å². The highest BCUT2D eigenvalue weighted by Gasteiger charge is 2.05. The Kier molecular flexibility index (Phi) is 3.97. The molecule has 0 saturated heterocycles. The van der Waals surface area contributed by atoms with Gasteiger partial charge in [-0.3, -0.25) is 0 Å². The third-order valence-corrected chi connectivity index (χ3v) is 3.01. The highest BCUT2D eigenvalue weighted by atomic mass is 79.9. The van der Waals surface area contributed by atoms with Gasteiger partial charge in [-0.1, -0.05) is 29.8 Å². The van der Waals surface area contributed by atoms with Crippen LogP contribution in [0.25, 0.3) is 0 Å². The lowest BCUT2D eigenvalue weighted by atomic mass is 10.2. The molecule has 0 saturated carbocycles. The van der Waals surface area contributed by atoms with Crippen molar-refractivity contribution in [1.82, 2.24) is 4.98 Å². The smallest absolute Gasteiger partial charge is 0.166 e. The Morgan fingerprint density at radius 3 is 2.82 bits per heavy atom. The molecule has 0 fully saturated rings. The molecule has 88 valence electrons. The molecule has 2 aromatic rings. The predicted molar refractivity (Wildman–Crippen MR) is 70.7 cm³/mol. The lowest BCUT2D eigenvalue weighted by Crippen LogP contribution is -2.03. The highest BCUT2D eigenvalue weighted by molar-refractivity contribution is 9.10. The summed E-state index contributed by atoms with van der Waals surface area (Å²) in [6, 6.07) is 8.77. The van der Waals surface area contributed by atoms with Gasteiger partial charge in [0, 0.05) is 22.2 Å². The fourth-order valence-corrected chi connectivity index (χ4v) is 1.87. The molecule has 1 aromatic carbocycles. The predicted octanol–water partition coefficient (Wildman–Crippen LogP) is 4.25. The summed E-state index contributed by atoms with van der Waals surface area (Å²) < 4.78 is 14.1. The van der Waals surface area contributed by atoms with Crippen molar-refractivity contribution in [3.63, 3.8) is 0 Å². The van der Waals surface area contributed by atoms with Crippen LogP contribution in [-0.4, -0.2) is 4.98 Å². The zero-order chi connectivity index (χ0) is 12.3. The molecule has 0 atom stereocenters. The maximum Gasteiger partial charge on any atom is 0.166 e. The Balaban J connectivity index is 2.10. The summed E-state index contributed by atoms with van der Waals surface area (Å²) in [6.45, 7) is 0.436. The quantitative estimate of drug-likeness (QED) is 0.916. The van der Waals surface area contributed by atoms with Crippen molar-refractivity contribution in [2.75, 3.05) is 5.32 Å². The summed E-state index contributed by atoms with van der Waals surface area (Å²) in [5, 5.41) is 3.56. The van der Waals surface area contributed by atoms with E-state index < -0.39 is 5.82 Å². The van der Waals surface area contributed by atoms with Crippen LogP contribution in [0.5, 0.6) is 0 Å². The fourth-order valence-electron chi connectivity index (χ4n) is 1.37. The second-order valence-electron chi connectivity index (χ2n) is 3.43. The van der Waals surface area contributed by atoms with Crippen LogP contribution in [0.1, 0.15) is 5.56 Å². The van der Waals surface area contributed by atoms with Crippen LogP contribution in [0.3, 0.4) is 0 Å². The van der Waals surface area contributed by atoms with Crippen molar-refractivity contribution in [1.29, 1.82) is 0 Å². The first kappa shape index (κ1) is 12.3. The van der Waals surface area contributed by atoms with Gasteiger partial charge < -0.3 is 5.32 Å². The molecule has 0 unspecified atom stereocenters. The number of hydrogen-bond donors (Lipinski definition) is 1. The summed E-state index contributed by atoms with van der Waals surface area (Å²) in [7, 11) is 0. The monoisotopic (exact) mass is 314 g/mol. The van der Waals surface area contributed by atoms with Crippen LogP contribution >= 0.6 is 27.5 Å². The maximum atomic E-state index is 13.5. The van der Waals surface area contributed by atoms with E-state index in [9.17, 15) is 4.39 Å². The standard InChI is InChI=1S/C12H9BrClFN2/c13-9-5-11(15)12(17-7-9)16-6-8-3-1-2-4-10(8)14/h1-5,7H,6H2,(H,16,17). The van der Waals surface area contributed by atoms with Gasteiger partial charge in [-0.05, 0) is 33.6 Å². The van der Waals surface area contributed by atoms with Crippen LogP contribution < -0.4 is 5.32 Å². The third kappa shape index (κ3) is 3.17. The van der Waals surface area contributed by atoms with Crippen LogP contribution in [-0.2, 0) is 6.54 Å². The number of nitrogens with one attached hydrogen (secondary N) is 1. The first-order valence-corrected chi connectivity index (χ1v) is 6.12. The Labute approximate surface area is 112 Å². The van der Waals surface area contributed by atoms with Gasteiger partial charge in [-0.25, -0.2) is 9.37 Å². The number of hydrogen-bond acceptors (Lipinski definition) is 2. The van der Waals surface area contributed by atoms with Crippen LogP contribution in [0.15, 0.2) is 41.0 Å².